The number of hydrogen-bond donors (Lipinski definition) is 2. The second-order valence-electron chi connectivity index (χ2n) is 5.39. The molecule has 0 heterocycles. The predicted octanol–water partition coefficient (Wildman–Crippen LogP) is 1.04. The van der Waals surface area contributed by atoms with Gasteiger partial charge in [0.15, 0.2) is 0 Å². The number of hydrogen-bond acceptors (Lipinski definition) is 5. The standard InChI is InChI=1S/C15H28FIN2O5/c1-11(2)15(21)19-8-13(16)9-23-7-6-22-5-4-18-14(20)10-24-12(3)17/h11-13H,4-10H2,1-3H3,(H,18,20)(H,19,21). The molecule has 0 rings (SSSR count). The first-order chi connectivity index (χ1) is 11.3. The van der Waals surface area contributed by atoms with E-state index in [9.17, 15) is 14.0 Å². The second-order valence-corrected chi connectivity index (χ2v) is 7.14. The van der Waals surface area contributed by atoms with E-state index in [2.05, 4.69) is 33.2 Å². The number of carbonyl (C=O) groups is 2. The minimum atomic E-state index is -1.24. The molecule has 0 aliphatic rings. The van der Waals surface area contributed by atoms with E-state index in [4.69, 9.17) is 14.2 Å². The van der Waals surface area contributed by atoms with Gasteiger partial charge in [-0.05, 0) is 6.92 Å². The van der Waals surface area contributed by atoms with Crippen molar-refractivity contribution in [3.05, 3.63) is 0 Å². The molecule has 2 atom stereocenters. The molecule has 0 radical (unpaired) electrons. The summed E-state index contributed by atoms with van der Waals surface area (Å²) in [6.45, 7) is 6.50. The molecule has 2 unspecified atom stereocenters. The van der Waals surface area contributed by atoms with Crippen molar-refractivity contribution in [2.45, 2.75) is 31.1 Å². The molecular weight excluding hydrogens is 434 g/mol. The van der Waals surface area contributed by atoms with Crippen molar-refractivity contribution in [2.75, 3.05) is 46.1 Å². The first kappa shape index (κ1) is 23.5. The Labute approximate surface area is 156 Å². The van der Waals surface area contributed by atoms with Gasteiger partial charge in [-0.1, -0.05) is 36.4 Å². The molecule has 0 spiro atoms. The van der Waals surface area contributed by atoms with Gasteiger partial charge in [-0.25, -0.2) is 4.39 Å². The fraction of sp³-hybridized carbons (Fsp3) is 0.867. The maximum atomic E-state index is 13.4. The quantitative estimate of drug-likeness (QED) is 0.229. The summed E-state index contributed by atoms with van der Waals surface area (Å²) in [4.78, 5) is 22.6. The number of carbonyl (C=O) groups excluding carboxylic acids is 2. The van der Waals surface area contributed by atoms with Crippen molar-refractivity contribution < 1.29 is 28.2 Å². The first-order valence-corrected chi connectivity index (χ1v) is 9.17. The van der Waals surface area contributed by atoms with Crippen molar-refractivity contribution in [2.24, 2.45) is 5.92 Å². The summed E-state index contributed by atoms with van der Waals surface area (Å²) in [5.74, 6) is -0.535. The largest absolute Gasteiger partial charge is 0.377 e. The van der Waals surface area contributed by atoms with Gasteiger partial charge in [0.2, 0.25) is 11.8 Å². The van der Waals surface area contributed by atoms with Crippen molar-refractivity contribution in [1.82, 2.24) is 10.6 Å². The smallest absolute Gasteiger partial charge is 0.246 e. The Hall–Kier alpha value is -0.520. The molecule has 9 heteroatoms. The summed E-state index contributed by atoms with van der Waals surface area (Å²) in [6.07, 6.45) is -1.24. The van der Waals surface area contributed by atoms with Crippen LogP contribution in [0.5, 0.6) is 0 Å². The fourth-order valence-corrected chi connectivity index (χ4v) is 1.59. The lowest BCUT2D eigenvalue weighted by Crippen LogP contribution is -2.35. The Morgan fingerprint density at radius 1 is 1.08 bits per heavy atom. The molecule has 2 amide bonds. The molecule has 0 saturated heterocycles. The van der Waals surface area contributed by atoms with Crippen LogP contribution in [0.4, 0.5) is 4.39 Å². The van der Waals surface area contributed by atoms with E-state index < -0.39 is 6.17 Å². The fourth-order valence-electron chi connectivity index (χ4n) is 1.41. The van der Waals surface area contributed by atoms with Gasteiger partial charge in [-0.15, -0.1) is 0 Å². The highest BCUT2D eigenvalue weighted by Crippen LogP contribution is 1.98. The lowest BCUT2D eigenvalue weighted by Gasteiger charge is -2.12. The monoisotopic (exact) mass is 462 g/mol. The van der Waals surface area contributed by atoms with E-state index in [1.165, 1.54) is 0 Å². The van der Waals surface area contributed by atoms with Crippen LogP contribution in [0, 0.1) is 5.92 Å². The van der Waals surface area contributed by atoms with Crippen molar-refractivity contribution in [3.63, 3.8) is 0 Å². The van der Waals surface area contributed by atoms with E-state index >= 15 is 0 Å². The Kier molecular flexibility index (Phi) is 14.5. The number of halogens is 2. The molecule has 0 saturated carbocycles. The van der Waals surface area contributed by atoms with Crippen LogP contribution in [-0.4, -0.2) is 68.2 Å². The molecule has 7 nitrogen and oxygen atoms in total. The van der Waals surface area contributed by atoms with Crippen molar-refractivity contribution in [1.29, 1.82) is 0 Å². The molecule has 2 N–H and O–H groups in total. The minimum Gasteiger partial charge on any atom is -0.377 e. The van der Waals surface area contributed by atoms with E-state index in [0.717, 1.165) is 0 Å². The molecular formula is C15H28FIN2O5. The summed E-state index contributed by atoms with van der Waals surface area (Å²) in [5.41, 5.74) is 0. The Bertz CT molecular complexity index is 359. The van der Waals surface area contributed by atoms with Crippen molar-refractivity contribution >= 4 is 34.4 Å². The third kappa shape index (κ3) is 15.0. The lowest BCUT2D eigenvalue weighted by molar-refractivity contribution is -0.126. The van der Waals surface area contributed by atoms with Gasteiger partial charge in [0, 0.05) is 12.5 Å². The SMILES string of the molecule is CC(I)OCC(=O)NCCOCCOCC(F)CNC(=O)C(C)C. The number of amides is 2. The summed E-state index contributed by atoms with van der Waals surface area (Å²) in [6, 6.07) is 0. The van der Waals surface area contributed by atoms with Gasteiger partial charge in [-0.2, -0.15) is 0 Å². The van der Waals surface area contributed by atoms with Crippen LogP contribution in [-0.2, 0) is 23.8 Å². The average Bonchev–Trinajstić information content (AvgIpc) is 2.52. The topological polar surface area (TPSA) is 85.9 Å². The number of rotatable bonds is 14. The molecule has 0 aromatic heterocycles. The molecule has 0 aromatic carbocycles. The summed E-state index contributed by atoms with van der Waals surface area (Å²) in [7, 11) is 0. The Morgan fingerprint density at radius 3 is 2.38 bits per heavy atom. The first-order valence-electron chi connectivity index (χ1n) is 7.92. The molecule has 142 valence electrons. The average molecular weight is 462 g/mol. The van der Waals surface area contributed by atoms with E-state index in [-0.39, 0.29) is 48.2 Å². The normalized spacial score (nSPS) is 13.6. The van der Waals surface area contributed by atoms with Gasteiger partial charge in [-0.3, -0.25) is 9.59 Å². The highest BCUT2D eigenvalue weighted by atomic mass is 127. The third-order valence-electron chi connectivity index (χ3n) is 2.71. The van der Waals surface area contributed by atoms with Crippen LogP contribution in [0.3, 0.4) is 0 Å². The van der Waals surface area contributed by atoms with Crippen LogP contribution < -0.4 is 10.6 Å². The zero-order chi connectivity index (χ0) is 18.4. The number of nitrogens with one attached hydrogen (secondary N) is 2. The third-order valence-corrected chi connectivity index (χ3v) is 3.07. The molecule has 0 bridgehead atoms. The highest BCUT2D eigenvalue weighted by molar-refractivity contribution is 14.1. The Balaban J connectivity index is 3.38. The molecule has 0 aliphatic carbocycles. The number of ether oxygens (including phenoxy) is 3. The van der Waals surface area contributed by atoms with Crippen LogP contribution in [0.15, 0.2) is 0 Å². The van der Waals surface area contributed by atoms with Gasteiger partial charge in [0.25, 0.3) is 0 Å². The van der Waals surface area contributed by atoms with Gasteiger partial charge >= 0.3 is 0 Å². The van der Waals surface area contributed by atoms with Crippen LogP contribution in [0.1, 0.15) is 20.8 Å². The maximum Gasteiger partial charge on any atom is 0.246 e. The van der Waals surface area contributed by atoms with Gasteiger partial charge < -0.3 is 24.8 Å². The maximum absolute atomic E-state index is 13.4. The van der Waals surface area contributed by atoms with E-state index in [0.29, 0.717) is 19.8 Å². The van der Waals surface area contributed by atoms with Crippen LogP contribution >= 0.6 is 22.6 Å². The molecule has 0 fully saturated rings. The summed E-state index contributed by atoms with van der Waals surface area (Å²) < 4.78 is 28.9. The summed E-state index contributed by atoms with van der Waals surface area (Å²) in [5, 5.41) is 5.15. The number of alkyl halides is 2. The summed E-state index contributed by atoms with van der Waals surface area (Å²) >= 11 is 2.07. The van der Waals surface area contributed by atoms with Gasteiger partial charge in [0.1, 0.15) is 16.9 Å². The lowest BCUT2D eigenvalue weighted by atomic mass is 10.2. The molecule has 0 aliphatic heterocycles. The van der Waals surface area contributed by atoms with Gasteiger partial charge in [0.05, 0.1) is 33.0 Å². The van der Waals surface area contributed by atoms with Crippen LogP contribution in [0.25, 0.3) is 0 Å². The second kappa shape index (κ2) is 14.8. The molecule has 0 aromatic rings. The zero-order valence-electron chi connectivity index (χ0n) is 14.5. The minimum absolute atomic E-state index is 0.0141. The molecule has 24 heavy (non-hydrogen) atoms. The predicted molar refractivity (Wildman–Crippen MR) is 96.8 cm³/mol. The highest BCUT2D eigenvalue weighted by Gasteiger charge is 2.11. The van der Waals surface area contributed by atoms with E-state index in [1.807, 2.05) is 6.92 Å². The van der Waals surface area contributed by atoms with Crippen LogP contribution in [0.2, 0.25) is 0 Å². The van der Waals surface area contributed by atoms with E-state index in [1.54, 1.807) is 13.8 Å². The van der Waals surface area contributed by atoms with Crippen molar-refractivity contribution in [3.8, 4) is 0 Å². The zero-order valence-corrected chi connectivity index (χ0v) is 16.6. The Morgan fingerprint density at radius 2 is 1.75 bits per heavy atom.